The Hall–Kier alpha value is -3.04. The summed E-state index contributed by atoms with van der Waals surface area (Å²) in [6.07, 6.45) is 7.45. The maximum absolute atomic E-state index is 10.0. The van der Waals surface area contributed by atoms with Crippen LogP contribution in [0, 0.1) is 11.3 Å². The number of anilines is 1. The predicted molar refractivity (Wildman–Crippen MR) is 153 cm³/mol. The van der Waals surface area contributed by atoms with Crippen molar-refractivity contribution in [2.24, 2.45) is 0 Å². The van der Waals surface area contributed by atoms with Crippen LogP contribution in [-0.4, -0.2) is 65.6 Å². The van der Waals surface area contributed by atoms with Crippen molar-refractivity contribution in [3.63, 3.8) is 0 Å². The molecule has 4 atom stereocenters. The molecule has 0 radical (unpaired) electrons. The third-order valence-corrected chi connectivity index (χ3v) is 10.4. The van der Waals surface area contributed by atoms with E-state index < -0.39 is 5.41 Å². The summed E-state index contributed by atoms with van der Waals surface area (Å²) >= 11 is 1.55. The number of nitrogen functional groups attached to an aromatic ring is 1. The van der Waals surface area contributed by atoms with E-state index in [-0.39, 0.29) is 12.2 Å². The van der Waals surface area contributed by atoms with Gasteiger partial charge < -0.3 is 24.5 Å². The summed E-state index contributed by atoms with van der Waals surface area (Å²) in [6.45, 7) is 4.69. The first-order valence-electron chi connectivity index (χ1n) is 14.7. The lowest BCUT2D eigenvalue weighted by atomic mass is 9.63. The van der Waals surface area contributed by atoms with Gasteiger partial charge in [0, 0.05) is 22.5 Å². The van der Waals surface area contributed by atoms with Gasteiger partial charge in [0.15, 0.2) is 17.3 Å². The molecule has 2 N–H and O–H groups in total. The smallest absolute Gasteiger partial charge is 0.217 e. The highest BCUT2D eigenvalue weighted by atomic mass is 32.1. The number of hydrogen-bond donors (Lipinski definition) is 1. The fraction of sp³-hybridized carbons (Fsp3) is 0.600. The number of ether oxygens (including phenoxy) is 3. The van der Waals surface area contributed by atoms with Crippen LogP contribution in [0.5, 0.6) is 5.88 Å². The molecule has 1 spiro atoms. The third kappa shape index (κ3) is 4.52. The van der Waals surface area contributed by atoms with Crippen molar-refractivity contribution < 1.29 is 18.7 Å². The lowest BCUT2D eigenvalue weighted by molar-refractivity contribution is -0.0918. The minimum Gasteiger partial charge on any atom is -0.473 e. The molecule has 2 fully saturated rings. The van der Waals surface area contributed by atoms with Gasteiger partial charge in [-0.1, -0.05) is 5.16 Å². The molecule has 0 amide bonds. The zero-order chi connectivity index (χ0) is 28.1. The van der Waals surface area contributed by atoms with Gasteiger partial charge in [0.1, 0.15) is 23.3 Å². The van der Waals surface area contributed by atoms with E-state index in [9.17, 15) is 5.26 Å². The molecule has 0 aromatic carbocycles. The molecule has 2 aliphatic carbocycles. The summed E-state index contributed by atoms with van der Waals surface area (Å²) in [6, 6.07) is 4.60. The van der Waals surface area contributed by atoms with E-state index in [2.05, 4.69) is 30.1 Å². The summed E-state index contributed by atoms with van der Waals surface area (Å²) in [7, 11) is 2.15. The highest BCUT2D eigenvalue weighted by molar-refractivity contribution is 7.16. The van der Waals surface area contributed by atoms with Crippen LogP contribution in [0.2, 0.25) is 0 Å². The van der Waals surface area contributed by atoms with Crippen molar-refractivity contribution in [2.75, 3.05) is 39.1 Å². The van der Waals surface area contributed by atoms with Crippen LogP contribution in [0.25, 0.3) is 11.5 Å². The number of hydrogen-bond acceptors (Lipinski definition) is 11. The molecule has 2 aliphatic heterocycles. The highest BCUT2D eigenvalue weighted by Crippen LogP contribution is 2.55. The van der Waals surface area contributed by atoms with Gasteiger partial charge in [-0.2, -0.15) is 10.2 Å². The van der Waals surface area contributed by atoms with Crippen LogP contribution in [0.4, 0.5) is 5.00 Å². The van der Waals surface area contributed by atoms with Crippen molar-refractivity contribution in [2.45, 2.75) is 82.0 Å². The third-order valence-electron chi connectivity index (χ3n) is 9.36. The molecule has 216 valence electrons. The minimum absolute atomic E-state index is 0.0368. The van der Waals surface area contributed by atoms with Gasteiger partial charge >= 0.3 is 0 Å². The van der Waals surface area contributed by atoms with E-state index in [1.54, 1.807) is 11.3 Å². The summed E-state index contributed by atoms with van der Waals surface area (Å²) in [4.78, 5) is 13.4. The van der Waals surface area contributed by atoms with Crippen LogP contribution in [0.3, 0.4) is 0 Å². The monoisotopic (exact) mass is 576 g/mol. The second-order valence-electron chi connectivity index (χ2n) is 11.8. The van der Waals surface area contributed by atoms with E-state index in [1.165, 1.54) is 11.3 Å². The normalized spacial score (nSPS) is 26.9. The van der Waals surface area contributed by atoms with Crippen LogP contribution in [0.15, 0.2) is 10.6 Å². The van der Waals surface area contributed by atoms with Crippen LogP contribution in [0.1, 0.15) is 84.6 Å². The molecular formula is C30H36N6O4S. The Morgan fingerprint density at radius 2 is 2.07 bits per heavy atom. The van der Waals surface area contributed by atoms with E-state index in [0.29, 0.717) is 53.8 Å². The van der Waals surface area contributed by atoms with Crippen molar-refractivity contribution in [3.05, 3.63) is 39.1 Å². The SMILES string of the molecule is C[C@H](Oc1cc(C2COCCO2)nc(-c2noc3c2CCC[C@@]32CCCc3sc(N)c(C#N)c32)n1)[C@@H]1CCCN1C. The largest absolute Gasteiger partial charge is 0.473 e. The number of aromatic nitrogens is 3. The van der Waals surface area contributed by atoms with Crippen LogP contribution >= 0.6 is 11.3 Å². The highest BCUT2D eigenvalue weighted by Gasteiger charge is 2.49. The van der Waals surface area contributed by atoms with E-state index in [0.717, 1.165) is 74.1 Å². The number of rotatable bonds is 5. The minimum atomic E-state index is -0.398. The van der Waals surface area contributed by atoms with Crippen LogP contribution in [-0.2, 0) is 27.7 Å². The Labute approximate surface area is 243 Å². The fourth-order valence-corrected chi connectivity index (χ4v) is 8.61. The van der Waals surface area contributed by atoms with Gasteiger partial charge in [0.05, 0.1) is 36.5 Å². The topological polar surface area (TPSA) is 133 Å². The van der Waals surface area contributed by atoms with Gasteiger partial charge in [-0.25, -0.2) is 4.98 Å². The molecule has 5 heterocycles. The molecule has 3 aromatic rings. The molecule has 7 rings (SSSR count). The first kappa shape index (κ1) is 26.8. The lowest BCUT2D eigenvalue weighted by Gasteiger charge is -2.39. The van der Waals surface area contributed by atoms with Gasteiger partial charge in [-0.3, -0.25) is 4.90 Å². The number of nitrogens with two attached hydrogens (primary N) is 1. The summed E-state index contributed by atoms with van der Waals surface area (Å²) in [5.41, 5.74) is 9.96. The van der Waals surface area contributed by atoms with E-state index in [1.807, 2.05) is 6.07 Å². The molecule has 41 heavy (non-hydrogen) atoms. The Balaban J connectivity index is 1.30. The van der Waals surface area contributed by atoms with Crippen molar-refractivity contribution in [1.82, 2.24) is 20.0 Å². The number of likely N-dealkylation sites (tertiary alicyclic amines) is 1. The van der Waals surface area contributed by atoms with Crippen LogP contribution < -0.4 is 10.5 Å². The second-order valence-corrected chi connectivity index (χ2v) is 12.9. The van der Waals surface area contributed by atoms with E-state index in [4.69, 9.17) is 34.4 Å². The molecule has 0 saturated carbocycles. The van der Waals surface area contributed by atoms with E-state index >= 15 is 0 Å². The molecule has 2 saturated heterocycles. The zero-order valence-electron chi connectivity index (χ0n) is 23.6. The average Bonchev–Trinajstić information content (AvgIpc) is 3.70. The quantitative estimate of drug-likeness (QED) is 0.461. The molecule has 1 unspecified atom stereocenters. The Morgan fingerprint density at radius 3 is 2.83 bits per heavy atom. The molecule has 10 nitrogen and oxygen atoms in total. The van der Waals surface area contributed by atoms with Crippen molar-refractivity contribution in [1.29, 1.82) is 5.26 Å². The maximum Gasteiger partial charge on any atom is 0.217 e. The average molecular weight is 577 g/mol. The first-order valence-corrected chi connectivity index (χ1v) is 15.6. The molecule has 4 aliphatic rings. The van der Waals surface area contributed by atoms with Gasteiger partial charge in [-0.15, -0.1) is 11.3 Å². The standard InChI is InChI=1S/C30H36N6O4S/c1-17(21-7-5-11-36(21)2)39-24-14-20(22-16-37-12-13-38-22)33-29(34-24)26-18-6-3-9-30(27(18)40-35-26)10-4-8-23-25(30)19(15-31)28(32)41-23/h14,17,21-22H,3-13,16,32H2,1-2H3/t17-,21-,22?,30-/m0/s1. The summed E-state index contributed by atoms with van der Waals surface area (Å²) in [5, 5.41) is 15.2. The molecule has 0 bridgehead atoms. The molecule has 3 aromatic heterocycles. The number of likely N-dealkylation sites (N-methyl/N-ethyl adjacent to an activating group) is 1. The number of fused-ring (bicyclic) bond motifs is 4. The number of nitriles is 1. The molecule has 11 heteroatoms. The first-order chi connectivity index (χ1) is 20.0. The summed E-state index contributed by atoms with van der Waals surface area (Å²) in [5.74, 6) is 1.82. The van der Waals surface area contributed by atoms with Gasteiger partial charge in [0.2, 0.25) is 5.88 Å². The van der Waals surface area contributed by atoms with Crippen molar-refractivity contribution >= 4 is 16.3 Å². The zero-order valence-corrected chi connectivity index (χ0v) is 24.5. The fourth-order valence-electron chi connectivity index (χ4n) is 7.45. The number of nitrogens with zero attached hydrogens (tertiary/aromatic N) is 5. The Morgan fingerprint density at radius 1 is 1.22 bits per heavy atom. The van der Waals surface area contributed by atoms with Gasteiger partial charge in [0.25, 0.3) is 0 Å². The summed E-state index contributed by atoms with van der Waals surface area (Å²) < 4.78 is 24.4. The number of thiophene rings is 1. The maximum atomic E-state index is 10.0. The predicted octanol–water partition coefficient (Wildman–Crippen LogP) is 4.56. The number of aryl methyl sites for hydroxylation is 1. The Kier molecular flexibility index (Phi) is 6.98. The van der Waals surface area contributed by atoms with Gasteiger partial charge in [-0.05, 0) is 77.4 Å². The second kappa shape index (κ2) is 10.7. The molecular weight excluding hydrogens is 540 g/mol. The lowest BCUT2D eigenvalue weighted by Crippen LogP contribution is -2.38. The van der Waals surface area contributed by atoms with Crippen molar-refractivity contribution in [3.8, 4) is 23.5 Å². The Bertz CT molecular complexity index is 1490.